The maximum atomic E-state index is 10.1. The van der Waals surface area contributed by atoms with Crippen molar-refractivity contribution in [3.8, 4) is 0 Å². The van der Waals surface area contributed by atoms with Gasteiger partial charge in [-0.05, 0) is 0 Å². The minimum atomic E-state index is -1.21. The van der Waals surface area contributed by atoms with Gasteiger partial charge in [0.1, 0.15) is 35.0 Å². The first-order valence-corrected chi connectivity index (χ1v) is 6.60. The fraction of sp³-hybridized carbons (Fsp3) is 0.500. The molecule has 4 N–H and O–H groups in total. The Balaban J connectivity index is 2.02. The Kier molecular flexibility index (Phi) is 3.43. The van der Waals surface area contributed by atoms with Gasteiger partial charge in [-0.15, -0.1) is 23.2 Å². The Morgan fingerprint density at radius 1 is 1.25 bits per heavy atom. The van der Waals surface area contributed by atoms with Crippen molar-refractivity contribution in [3.05, 3.63) is 12.7 Å². The van der Waals surface area contributed by atoms with Crippen molar-refractivity contribution >= 4 is 40.2 Å². The molecule has 0 saturated carbocycles. The SMILES string of the molecule is Nc1ncnc2c1ncn2[C@@H]1O[C@H](C(Cl)Cl)[C@@H](O)[C@H]1O. The molecule has 108 valence electrons. The summed E-state index contributed by atoms with van der Waals surface area (Å²) in [5.74, 6) is 0.214. The van der Waals surface area contributed by atoms with Gasteiger partial charge in [0.05, 0.1) is 6.33 Å². The number of fused-ring (bicyclic) bond motifs is 1. The van der Waals surface area contributed by atoms with Crippen LogP contribution in [0, 0.1) is 0 Å². The highest BCUT2D eigenvalue weighted by Gasteiger charge is 2.46. The van der Waals surface area contributed by atoms with Gasteiger partial charge in [-0.3, -0.25) is 4.57 Å². The third kappa shape index (κ3) is 2.00. The van der Waals surface area contributed by atoms with E-state index in [4.69, 9.17) is 33.7 Å². The van der Waals surface area contributed by atoms with Crippen LogP contribution in [-0.2, 0) is 4.74 Å². The molecule has 20 heavy (non-hydrogen) atoms. The number of nitrogens with zero attached hydrogens (tertiary/aromatic N) is 4. The summed E-state index contributed by atoms with van der Waals surface area (Å²) < 4.78 is 6.95. The lowest BCUT2D eigenvalue weighted by Gasteiger charge is -2.16. The van der Waals surface area contributed by atoms with Crippen molar-refractivity contribution < 1.29 is 14.9 Å². The first-order valence-electron chi connectivity index (χ1n) is 5.73. The van der Waals surface area contributed by atoms with Gasteiger partial charge in [0.2, 0.25) is 0 Å². The second-order valence-electron chi connectivity index (χ2n) is 4.39. The molecule has 1 fully saturated rings. The zero-order valence-corrected chi connectivity index (χ0v) is 11.5. The number of ether oxygens (including phenoxy) is 1. The van der Waals surface area contributed by atoms with Crippen LogP contribution in [0.3, 0.4) is 0 Å². The van der Waals surface area contributed by atoms with E-state index in [-0.39, 0.29) is 5.82 Å². The van der Waals surface area contributed by atoms with E-state index >= 15 is 0 Å². The number of imidazole rings is 1. The van der Waals surface area contributed by atoms with Gasteiger partial charge in [0, 0.05) is 0 Å². The molecule has 0 aliphatic carbocycles. The van der Waals surface area contributed by atoms with Gasteiger partial charge >= 0.3 is 0 Å². The van der Waals surface area contributed by atoms with E-state index in [2.05, 4.69) is 15.0 Å². The van der Waals surface area contributed by atoms with Crippen molar-refractivity contribution in [2.45, 2.75) is 29.4 Å². The van der Waals surface area contributed by atoms with Crippen LogP contribution in [0.4, 0.5) is 5.82 Å². The molecule has 1 aliphatic heterocycles. The molecule has 10 heteroatoms. The maximum absolute atomic E-state index is 10.1. The maximum Gasteiger partial charge on any atom is 0.167 e. The van der Waals surface area contributed by atoms with Crippen molar-refractivity contribution in [3.63, 3.8) is 0 Å². The third-order valence-corrected chi connectivity index (χ3v) is 3.68. The highest BCUT2D eigenvalue weighted by atomic mass is 35.5. The summed E-state index contributed by atoms with van der Waals surface area (Å²) in [4.78, 5) is 11.0. The smallest absolute Gasteiger partial charge is 0.167 e. The molecule has 0 amide bonds. The molecule has 3 heterocycles. The molecule has 8 nitrogen and oxygen atoms in total. The quantitative estimate of drug-likeness (QED) is 0.657. The first kappa shape index (κ1) is 13.8. The Bertz CT molecular complexity index is 636. The van der Waals surface area contributed by atoms with Crippen LogP contribution in [0.1, 0.15) is 6.23 Å². The number of nitrogen functional groups attached to an aromatic ring is 1. The number of alkyl halides is 2. The van der Waals surface area contributed by atoms with Crippen LogP contribution in [0.25, 0.3) is 11.2 Å². The number of hydrogen-bond donors (Lipinski definition) is 3. The molecule has 0 unspecified atom stereocenters. The lowest BCUT2D eigenvalue weighted by Crippen LogP contribution is -2.34. The molecule has 2 aromatic heterocycles. The highest BCUT2D eigenvalue weighted by molar-refractivity contribution is 6.44. The summed E-state index contributed by atoms with van der Waals surface area (Å²) in [6.45, 7) is 0. The number of hydrogen-bond acceptors (Lipinski definition) is 7. The number of anilines is 1. The Hall–Kier alpha value is -1.19. The molecular weight excluding hydrogens is 309 g/mol. The van der Waals surface area contributed by atoms with Crippen LogP contribution in [0.5, 0.6) is 0 Å². The van der Waals surface area contributed by atoms with Gasteiger partial charge in [-0.2, -0.15) is 0 Å². The van der Waals surface area contributed by atoms with Crippen LogP contribution < -0.4 is 5.73 Å². The summed E-state index contributed by atoms with van der Waals surface area (Å²) in [5.41, 5.74) is 6.45. The molecule has 0 aromatic carbocycles. The number of halogens is 2. The molecule has 1 aliphatic rings. The second-order valence-corrected chi connectivity index (χ2v) is 5.55. The zero-order chi connectivity index (χ0) is 14.4. The molecule has 0 bridgehead atoms. The third-order valence-electron chi connectivity index (χ3n) is 3.18. The zero-order valence-electron chi connectivity index (χ0n) is 9.97. The second kappa shape index (κ2) is 4.97. The predicted molar refractivity (Wildman–Crippen MR) is 71.2 cm³/mol. The largest absolute Gasteiger partial charge is 0.387 e. The average molecular weight is 320 g/mol. The molecule has 1 saturated heterocycles. The summed E-state index contributed by atoms with van der Waals surface area (Å²) in [7, 11) is 0. The standard InChI is InChI=1S/C10H11Cl2N5O3/c11-7(12)6-4(18)5(19)10(20-6)17-2-16-3-8(13)14-1-15-9(3)17/h1-2,4-7,10,18-19H,(H2,13,14,15)/t4-,5+,6-,10+/m0/s1. The predicted octanol–water partition coefficient (Wildman–Crippen LogP) is -0.169. The van der Waals surface area contributed by atoms with E-state index in [0.717, 1.165) is 0 Å². The van der Waals surface area contributed by atoms with Crippen LogP contribution in [-0.4, -0.2) is 52.9 Å². The van der Waals surface area contributed by atoms with E-state index in [1.807, 2.05) is 0 Å². The number of rotatable bonds is 2. The summed E-state index contributed by atoms with van der Waals surface area (Å²) >= 11 is 11.4. The minimum Gasteiger partial charge on any atom is -0.387 e. The fourth-order valence-corrected chi connectivity index (χ4v) is 2.60. The number of aliphatic hydroxyl groups is 2. The molecule has 2 aromatic rings. The first-order chi connectivity index (χ1) is 9.50. The van der Waals surface area contributed by atoms with E-state index in [1.54, 1.807) is 0 Å². The van der Waals surface area contributed by atoms with Gasteiger partial charge in [-0.1, -0.05) is 0 Å². The molecule has 0 spiro atoms. The fourth-order valence-electron chi connectivity index (χ4n) is 2.18. The van der Waals surface area contributed by atoms with Crippen LogP contribution in [0.15, 0.2) is 12.7 Å². The number of aromatic nitrogens is 4. The monoisotopic (exact) mass is 319 g/mol. The van der Waals surface area contributed by atoms with E-state index in [0.29, 0.717) is 11.2 Å². The Morgan fingerprint density at radius 2 is 2.00 bits per heavy atom. The van der Waals surface area contributed by atoms with E-state index < -0.39 is 29.4 Å². The summed E-state index contributed by atoms with van der Waals surface area (Å²) in [6, 6.07) is 0. The van der Waals surface area contributed by atoms with Crippen molar-refractivity contribution in [2.24, 2.45) is 0 Å². The van der Waals surface area contributed by atoms with Crippen LogP contribution >= 0.6 is 23.2 Å². The molecule has 3 rings (SSSR count). The van der Waals surface area contributed by atoms with Crippen molar-refractivity contribution in [2.75, 3.05) is 5.73 Å². The van der Waals surface area contributed by atoms with Gasteiger partial charge in [0.15, 0.2) is 17.7 Å². The molecule has 4 atom stereocenters. The molecule has 0 radical (unpaired) electrons. The van der Waals surface area contributed by atoms with Crippen molar-refractivity contribution in [1.29, 1.82) is 0 Å². The Morgan fingerprint density at radius 3 is 2.65 bits per heavy atom. The summed E-state index contributed by atoms with van der Waals surface area (Å²) in [5, 5.41) is 20.0. The summed E-state index contributed by atoms with van der Waals surface area (Å²) in [6.07, 6.45) is -1.57. The normalized spacial score (nSPS) is 30.4. The van der Waals surface area contributed by atoms with Crippen molar-refractivity contribution in [1.82, 2.24) is 19.5 Å². The van der Waals surface area contributed by atoms with Gasteiger partial charge < -0.3 is 20.7 Å². The van der Waals surface area contributed by atoms with E-state index in [1.165, 1.54) is 17.2 Å². The minimum absolute atomic E-state index is 0.214. The topological polar surface area (TPSA) is 119 Å². The van der Waals surface area contributed by atoms with E-state index in [9.17, 15) is 10.2 Å². The number of aliphatic hydroxyl groups excluding tert-OH is 2. The Labute approximate surface area is 123 Å². The molecular formula is C10H11Cl2N5O3. The highest BCUT2D eigenvalue weighted by Crippen LogP contribution is 2.35. The number of nitrogens with two attached hydrogens (primary N) is 1. The van der Waals surface area contributed by atoms with Gasteiger partial charge in [-0.25, -0.2) is 15.0 Å². The van der Waals surface area contributed by atoms with Crippen LogP contribution in [0.2, 0.25) is 0 Å². The lowest BCUT2D eigenvalue weighted by molar-refractivity contribution is -0.0312. The lowest BCUT2D eigenvalue weighted by atomic mass is 10.1. The van der Waals surface area contributed by atoms with Gasteiger partial charge in [0.25, 0.3) is 0 Å². The average Bonchev–Trinajstić information content (AvgIpc) is 2.94.